The number of rotatable bonds is 13. The monoisotopic (exact) mass is 484 g/mol. The molecule has 0 aliphatic heterocycles. The Hall–Kier alpha value is -2.94. The lowest BCUT2D eigenvalue weighted by Crippen LogP contribution is -2.39. The van der Waals surface area contributed by atoms with Crippen molar-refractivity contribution in [1.82, 2.24) is 31.0 Å². The van der Waals surface area contributed by atoms with Gasteiger partial charge < -0.3 is 15.4 Å². The molecule has 9 nitrogen and oxygen atoms in total. The Balaban J connectivity index is 1.70. The van der Waals surface area contributed by atoms with E-state index < -0.39 is 0 Å². The number of nitrogens with zero attached hydrogens (tertiary/aromatic N) is 4. The molecule has 0 aliphatic carbocycles. The molecular formula is C26H40N6O3. The Morgan fingerprint density at radius 2 is 1.46 bits per heavy atom. The van der Waals surface area contributed by atoms with Crippen LogP contribution >= 0.6 is 0 Å². The fourth-order valence-corrected chi connectivity index (χ4v) is 3.79. The first-order chi connectivity index (χ1) is 16.3. The van der Waals surface area contributed by atoms with Crippen LogP contribution in [0.25, 0.3) is 11.4 Å². The first-order valence-electron chi connectivity index (χ1n) is 12.1. The second-order valence-electron chi connectivity index (χ2n) is 11.1. The van der Waals surface area contributed by atoms with Crippen LogP contribution in [0.15, 0.2) is 24.3 Å². The van der Waals surface area contributed by atoms with Crippen molar-refractivity contribution in [3.8, 4) is 11.4 Å². The number of nitrogens with one attached hydrogen (secondary N) is 2. The van der Waals surface area contributed by atoms with Gasteiger partial charge in [0.15, 0.2) is 5.82 Å². The van der Waals surface area contributed by atoms with Crippen molar-refractivity contribution in [2.45, 2.75) is 67.9 Å². The number of benzene rings is 1. The van der Waals surface area contributed by atoms with Crippen LogP contribution in [0, 0.1) is 23.7 Å². The number of aryl methyl sites for hydroxylation is 1. The number of amides is 2. The SMILES string of the molecule is Cc1nnc(-c2ccc(CNC(=O)CC(=O)NCC(C)(C)COCC(C)(C)CC(C)C)cc2)nn1. The summed E-state index contributed by atoms with van der Waals surface area (Å²) < 4.78 is 5.96. The number of hydrogen-bond acceptors (Lipinski definition) is 7. The van der Waals surface area contributed by atoms with Gasteiger partial charge in [0.05, 0.1) is 13.2 Å². The molecule has 0 bridgehead atoms. The summed E-state index contributed by atoms with van der Waals surface area (Å²) in [6, 6.07) is 7.42. The zero-order chi connectivity index (χ0) is 26.1. The van der Waals surface area contributed by atoms with E-state index in [9.17, 15) is 9.59 Å². The van der Waals surface area contributed by atoms with Gasteiger partial charge in [-0.2, -0.15) is 0 Å². The van der Waals surface area contributed by atoms with Gasteiger partial charge in [-0.15, -0.1) is 20.4 Å². The topological polar surface area (TPSA) is 119 Å². The third-order valence-corrected chi connectivity index (χ3v) is 5.31. The Labute approximate surface area is 208 Å². The zero-order valence-electron chi connectivity index (χ0n) is 22.1. The highest BCUT2D eigenvalue weighted by Gasteiger charge is 2.24. The highest BCUT2D eigenvalue weighted by Crippen LogP contribution is 2.26. The minimum absolute atomic E-state index is 0.120. The number of carbonyl (C=O) groups is 2. The number of carbonyl (C=O) groups excluding carboxylic acids is 2. The number of ether oxygens (including phenoxy) is 1. The molecule has 1 heterocycles. The Morgan fingerprint density at radius 3 is 2.06 bits per heavy atom. The molecule has 0 atom stereocenters. The molecule has 35 heavy (non-hydrogen) atoms. The minimum atomic E-state index is -0.327. The molecule has 1 aromatic carbocycles. The van der Waals surface area contributed by atoms with Crippen molar-refractivity contribution in [2.75, 3.05) is 19.8 Å². The van der Waals surface area contributed by atoms with Gasteiger partial charge in [-0.1, -0.05) is 65.8 Å². The van der Waals surface area contributed by atoms with E-state index >= 15 is 0 Å². The fourth-order valence-electron chi connectivity index (χ4n) is 3.79. The largest absolute Gasteiger partial charge is 0.380 e. The normalized spacial score (nSPS) is 12.0. The van der Waals surface area contributed by atoms with E-state index in [-0.39, 0.29) is 29.1 Å². The van der Waals surface area contributed by atoms with Crippen molar-refractivity contribution >= 4 is 11.8 Å². The standard InChI is InChI=1S/C26H40N6O3/c1-18(2)13-25(4,5)16-35-17-26(6,7)15-28-23(34)12-22(33)27-14-20-8-10-21(11-9-20)24-31-29-19(3)30-32-24/h8-11,18H,12-17H2,1-7H3,(H,27,33)(H,28,34). The third-order valence-electron chi connectivity index (χ3n) is 5.31. The zero-order valence-corrected chi connectivity index (χ0v) is 22.1. The lowest BCUT2D eigenvalue weighted by molar-refractivity contribution is -0.129. The molecule has 0 saturated carbocycles. The molecule has 2 amide bonds. The Kier molecular flexibility index (Phi) is 10.2. The highest BCUT2D eigenvalue weighted by molar-refractivity contribution is 5.96. The predicted octanol–water partition coefficient (Wildman–Crippen LogP) is 3.48. The van der Waals surface area contributed by atoms with E-state index in [1.165, 1.54) is 0 Å². The summed E-state index contributed by atoms with van der Waals surface area (Å²) in [7, 11) is 0. The second-order valence-corrected chi connectivity index (χ2v) is 11.1. The predicted molar refractivity (Wildman–Crippen MR) is 135 cm³/mol. The van der Waals surface area contributed by atoms with Crippen molar-refractivity contribution in [1.29, 1.82) is 0 Å². The van der Waals surface area contributed by atoms with Crippen LogP contribution in [0.2, 0.25) is 0 Å². The van der Waals surface area contributed by atoms with Crippen molar-refractivity contribution < 1.29 is 14.3 Å². The summed E-state index contributed by atoms with van der Waals surface area (Å²) in [6.07, 6.45) is 0.879. The van der Waals surface area contributed by atoms with E-state index in [1.54, 1.807) is 6.92 Å². The summed E-state index contributed by atoms with van der Waals surface area (Å²) in [5, 5.41) is 21.5. The Morgan fingerprint density at radius 1 is 0.886 bits per heavy atom. The Bertz CT molecular complexity index is 956. The van der Waals surface area contributed by atoms with Gasteiger partial charge in [-0.25, -0.2) is 0 Å². The van der Waals surface area contributed by atoms with Gasteiger partial charge in [-0.05, 0) is 30.2 Å². The van der Waals surface area contributed by atoms with Crippen LogP contribution in [-0.2, 0) is 20.9 Å². The molecule has 2 rings (SSSR count). The van der Waals surface area contributed by atoms with E-state index in [0.717, 1.165) is 17.5 Å². The maximum Gasteiger partial charge on any atom is 0.229 e. The molecule has 2 N–H and O–H groups in total. The average Bonchev–Trinajstić information content (AvgIpc) is 2.76. The molecule has 192 valence electrons. The van der Waals surface area contributed by atoms with E-state index in [0.29, 0.717) is 43.9 Å². The molecule has 0 unspecified atom stereocenters. The molecule has 1 aromatic heterocycles. The highest BCUT2D eigenvalue weighted by atomic mass is 16.5. The molecule has 0 saturated heterocycles. The first kappa shape index (κ1) is 28.3. The lowest BCUT2D eigenvalue weighted by atomic mass is 9.85. The molecule has 0 radical (unpaired) electrons. The quantitative estimate of drug-likeness (QED) is 0.418. The number of hydrogen-bond donors (Lipinski definition) is 2. The number of aromatic nitrogens is 4. The van der Waals surface area contributed by atoms with Gasteiger partial charge >= 0.3 is 0 Å². The smallest absolute Gasteiger partial charge is 0.229 e. The van der Waals surface area contributed by atoms with Crippen LogP contribution < -0.4 is 10.6 Å². The second kappa shape index (κ2) is 12.7. The molecule has 9 heteroatoms. The molecular weight excluding hydrogens is 444 g/mol. The van der Waals surface area contributed by atoms with Crippen LogP contribution in [0.4, 0.5) is 0 Å². The van der Waals surface area contributed by atoms with E-state index in [2.05, 4.69) is 58.7 Å². The van der Waals surface area contributed by atoms with Crippen molar-refractivity contribution in [2.24, 2.45) is 16.7 Å². The van der Waals surface area contributed by atoms with Gasteiger partial charge in [0.1, 0.15) is 6.42 Å². The maximum atomic E-state index is 12.3. The van der Waals surface area contributed by atoms with Crippen LogP contribution in [0.1, 0.15) is 65.8 Å². The van der Waals surface area contributed by atoms with E-state index in [4.69, 9.17) is 4.74 Å². The summed E-state index contributed by atoms with van der Waals surface area (Å²) in [6.45, 7) is 16.6. The molecule has 2 aromatic rings. The minimum Gasteiger partial charge on any atom is -0.380 e. The third kappa shape index (κ3) is 10.9. The maximum absolute atomic E-state index is 12.3. The fraction of sp³-hybridized carbons (Fsp3) is 0.615. The van der Waals surface area contributed by atoms with Crippen LogP contribution in [0.3, 0.4) is 0 Å². The van der Waals surface area contributed by atoms with Crippen LogP contribution in [-0.4, -0.2) is 52.0 Å². The molecule has 0 fully saturated rings. The van der Waals surface area contributed by atoms with Crippen molar-refractivity contribution in [3.05, 3.63) is 35.7 Å². The summed E-state index contributed by atoms with van der Waals surface area (Å²) in [5.41, 5.74) is 1.58. The van der Waals surface area contributed by atoms with Crippen LogP contribution in [0.5, 0.6) is 0 Å². The van der Waals surface area contributed by atoms with E-state index in [1.807, 2.05) is 38.1 Å². The lowest BCUT2D eigenvalue weighted by Gasteiger charge is -2.30. The average molecular weight is 485 g/mol. The summed E-state index contributed by atoms with van der Waals surface area (Å²) >= 11 is 0. The van der Waals surface area contributed by atoms with Gasteiger partial charge in [0.25, 0.3) is 0 Å². The summed E-state index contributed by atoms with van der Waals surface area (Å²) in [4.78, 5) is 24.5. The molecule has 0 aliphatic rings. The van der Waals surface area contributed by atoms with Gasteiger partial charge in [0.2, 0.25) is 17.6 Å². The summed E-state index contributed by atoms with van der Waals surface area (Å²) in [5.74, 6) is 0.939. The van der Waals surface area contributed by atoms with Crippen molar-refractivity contribution in [3.63, 3.8) is 0 Å². The first-order valence-corrected chi connectivity index (χ1v) is 12.1. The van der Waals surface area contributed by atoms with Gasteiger partial charge in [0, 0.05) is 24.1 Å². The van der Waals surface area contributed by atoms with Gasteiger partial charge in [-0.3, -0.25) is 9.59 Å². The molecule has 0 spiro atoms.